The number of piperazine rings is 1. The second-order valence-electron chi connectivity index (χ2n) is 5.97. The molecule has 2 atom stereocenters. The summed E-state index contributed by atoms with van der Waals surface area (Å²) in [7, 11) is 0. The summed E-state index contributed by atoms with van der Waals surface area (Å²) in [6.45, 7) is 1.75. The Morgan fingerprint density at radius 1 is 1.18 bits per heavy atom. The lowest BCUT2D eigenvalue weighted by molar-refractivity contribution is 0.0613. The number of phenolic OH excluding ortho intramolecular Hbond substituents is 1. The molecule has 0 saturated carbocycles. The van der Waals surface area contributed by atoms with Gasteiger partial charge in [0.15, 0.2) is 0 Å². The van der Waals surface area contributed by atoms with E-state index in [1.165, 1.54) is 0 Å². The number of H-pyrrole nitrogens is 1. The van der Waals surface area contributed by atoms with Gasteiger partial charge in [-0.2, -0.15) is 5.10 Å². The van der Waals surface area contributed by atoms with E-state index in [4.69, 9.17) is 0 Å². The molecule has 0 spiro atoms. The number of carbonyl (C=O) groups is 1. The predicted octanol–water partition coefficient (Wildman–Crippen LogP) is 1.36. The first-order valence-corrected chi connectivity index (χ1v) is 7.60. The van der Waals surface area contributed by atoms with E-state index in [2.05, 4.69) is 15.5 Å². The maximum absolute atomic E-state index is 12.7. The Hall–Kier alpha value is -2.34. The summed E-state index contributed by atoms with van der Waals surface area (Å²) >= 11 is 0. The lowest BCUT2D eigenvalue weighted by atomic mass is 10.1. The van der Waals surface area contributed by atoms with Crippen LogP contribution in [0.25, 0.3) is 11.3 Å². The monoisotopic (exact) mass is 298 g/mol. The fourth-order valence-corrected chi connectivity index (χ4v) is 3.46. The number of aromatic hydroxyl groups is 1. The molecule has 6 heteroatoms. The van der Waals surface area contributed by atoms with Crippen LogP contribution < -0.4 is 5.32 Å². The van der Waals surface area contributed by atoms with Gasteiger partial charge in [0.05, 0.1) is 5.69 Å². The predicted molar refractivity (Wildman–Crippen MR) is 81.5 cm³/mol. The maximum Gasteiger partial charge on any atom is 0.272 e. The molecule has 114 valence electrons. The number of nitrogens with one attached hydrogen (secondary N) is 2. The Balaban J connectivity index is 1.59. The van der Waals surface area contributed by atoms with Gasteiger partial charge in [-0.15, -0.1) is 0 Å². The van der Waals surface area contributed by atoms with Gasteiger partial charge in [0.25, 0.3) is 5.91 Å². The summed E-state index contributed by atoms with van der Waals surface area (Å²) < 4.78 is 0. The lowest BCUT2D eigenvalue weighted by Crippen LogP contribution is -2.54. The summed E-state index contributed by atoms with van der Waals surface area (Å²) in [4.78, 5) is 14.8. The maximum atomic E-state index is 12.7. The fraction of sp³-hybridized carbons (Fsp3) is 0.375. The molecule has 6 nitrogen and oxygen atoms in total. The molecule has 0 radical (unpaired) electrons. The zero-order valence-corrected chi connectivity index (χ0v) is 12.1. The van der Waals surface area contributed by atoms with Crippen molar-refractivity contribution in [1.82, 2.24) is 20.4 Å². The van der Waals surface area contributed by atoms with Crippen LogP contribution in [0.1, 0.15) is 23.3 Å². The quantitative estimate of drug-likeness (QED) is 0.782. The number of benzene rings is 1. The van der Waals surface area contributed by atoms with Gasteiger partial charge in [-0.25, -0.2) is 0 Å². The molecule has 2 saturated heterocycles. The van der Waals surface area contributed by atoms with Crippen LogP contribution in [0.5, 0.6) is 5.75 Å². The molecular formula is C16H18N4O2. The standard InChI is InChI=1S/C16H18N4O2/c21-13-5-1-10(2-6-13)14-7-15(19-18-14)16(22)20-11-3-4-12(20)9-17-8-11/h1-2,5-7,11-12,17,21H,3-4,8-9H2,(H,18,19)/t11-,12+. The number of aromatic amines is 1. The molecule has 1 amide bonds. The van der Waals surface area contributed by atoms with E-state index in [1.807, 2.05) is 4.90 Å². The van der Waals surface area contributed by atoms with Gasteiger partial charge in [-0.1, -0.05) is 0 Å². The number of rotatable bonds is 2. The molecule has 1 aromatic heterocycles. The third-order valence-corrected chi connectivity index (χ3v) is 4.59. The van der Waals surface area contributed by atoms with Crippen LogP contribution in [0.3, 0.4) is 0 Å². The zero-order chi connectivity index (χ0) is 15.1. The molecule has 3 N–H and O–H groups in total. The minimum absolute atomic E-state index is 0.0338. The fourth-order valence-electron chi connectivity index (χ4n) is 3.46. The van der Waals surface area contributed by atoms with Gasteiger partial charge >= 0.3 is 0 Å². The summed E-state index contributed by atoms with van der Waals surface area (Å²) in [6, 6.07) is 9.18. The average Bonchev–Trinajstić information content (AvgIpc) is 3.11. The summed E-state index contributed by atoms with van der Waals surface area (Å²) in [6.07, 6.45) is 2.14. The number of carbonyl (C=O) groups excluding carboxylic acids is 1. The van der Waals surface area contributed by atoms with Crippen molar-refractivity contribution in [2.75, 3.05) is 13.1 Å². The van der Waals surface area contributed by atoms with Gasteiger partial charge in [0, 0.05) is 30.7 Å². The molecule has 0 aliphatic carbocycles. The van der Waals surface area contributed by atoms with Crippen molar-refractivity contribution in [2.45, 2.75) is 24.9 Å². The first-order chi connectivity index (χ1) is 10.7. The summed E-state index contributed by atoms with van der Waals surface area (Å²) in [5, 5.41) is 19.8. The molecular weight excluding hydrogens is 280 g/mol. The largest absolute Gasteiger partial charge is 0.508 e. The van der Waals surface area contributed by atoms with Crippen molar-refractivity contribution in [2.24, 2.45) is 0 Å². The van der Waals surface area contributed by atoms with E-state index >= 15 is 0 Å². The van der Waals surface area contributed by atoms with Gasteiger partial charge in [-0.3, -0.25) is 9.89 Å². The zero-order valence-electron chi connectivity index (χ0n) is 12.1. The van der Waals surface area contributed by atoms with E-state index in [9.17, 15) is 9.90 Å². The van der Waals surface area contributed by atoms with E-state index in [0.29, 0.717) is 23.5 Å². The number of aromatic nitrogens is 2. The van der Waals surface area contributed by atoms with Gasteiger partial charge < -0.3 is 15.3 Å². The highest BCUT2D eigenvalue weighted by molar-refractivity contribution is 5.94. The Morgan fingerprint density at radius 3 is 2.55 bits per heavy atom. The number of fused-ring (bicyclic) bond motifs is 2. The average molecular weight is 298 g/mol. The number of hydrogen-bond acceptors (Lipinski definition) is 4. The van der Waals surface area contributed by atoms with Crippen LogP contribution in [0.4, 0.5) is 0 Å². The molecule has 2 aliphatic rings. The van der Waals surface area contributed by atoms with Crippen LogP contribution in [0.15, 0.2) is 30.3 Å². The Kier molecular flexibility index (Phi) is 3.11. The van der Waals surface area contributed by atoms with E-state index in [1.54, 1.807) is 30.3 Å². The summed E-state index contributed by atoms with van der Waals surface area (Å²) in [5.41, 5.74) is 2.11. The molecule has 1 aromatic carbocycles. The van der Waals surface area contributed by atoms with Gasteiger partial charge in [0.1, 0.15) is 11.4 Å². The minimum atomic E-state index is 0.0338. The van der Waals surface area contributed by atoms with Gasteiger partial charge in [0.2, 0.25) is 0 Å². The SMILES string of the molecule is O=C(c1cc(-c2ccc(O)cc2)n[nH]1)N1[C@@H]2CC[C@H]1CNC2. The molecule has 4 rings (SSSR count). The van der Waals surface area contributed by atoms with Crippen molar-refractivity contribution >= 4 is 5.91 Å². The highest BCUT2D eigenvalue weighted by Gasteiger charge is 2.40. The first kappa shape index (κ1) is 13.3. The summed E-state index contributed by atoms with van der Waals surface area (Å²) in [5.74, 6) is 0.250. The molecule has 2 aromatic rings. The molecule has 0 unspecified atom stereocenters. The third kappa shape index (κ3) is 2.16. The van der Waals surface area contributed by atoms with Crippen LogP contribution in [0.2, 0.25) is 0 Å². The molecule has 2 bridgehead atoms. The van der Waals surface area contributed by atoms with Crippen molar-refractivity contribution in [3.8, 4) is 17.0 Å². The van der Waals surface area contributed by atoms with Crippen LogP contribution in [-0.2, 0) is 0 Å². The molecule has 2 fully saturated rings. The van der Waals surface area contributed by atoms with Crippen molar-refractivity contribution in [3.05, 3.63) is 36.0 Å². The first-order valence-electron chi connectivity index (χ1n) is 7.60. The molecule has 3 heterocycles. The van der Waals surface area contributed by atoms with E-state index < -0.39 is 0 Å². The van der Waals surface area contributed by atoms with E-state index in [0.717, 1.165) is 31.5 Å². The lowest BCUT2D eigenvalue weighted by Gasteiger charge is -2.34. The highest BCUT2D eigenvalue weighted by Crippen LogP contribution is 2.29. The Bertz CT molecular complexity index is 678. The van der Waals surface area contributed by atoms with Crippen molar-refractivity contribution < 1.29 is 9.90 Å². The van der Waals surface area contributed by atoms with E-state index in [-0.39, 0.29) is 11.7 Å². The Labute approximate surface area is 128 Å². The second-order valence-corrected chi connectivity index (χ2v) is 5.97. The normalized spacial score (nSPS) is 23.7. The number of phenols is 1. The number of nitrogens with zero attached hydrogens (tertiary/aromatic N) is 2. The second kappa shape index (κ2) is 5.14. The molecule has 22 heavy (non-hydrogen) atoms. The third-order valence-electron chi connectivity index (χ3n) is 4.59. The van der Waals surface area contributed by atoms with Crippen molar-refractivity contribution in [1.29, 1.82) is 0 Å². The Morgan fingerprint density at radius 2 is 1.86 bits per heavy atom. The van der Waals surface area contributed by atoms with Crippen LogP contribution >= 0.6 is 0 Å². The number of amides is 1. The van der Waals surface area contributed by atoms with Crippen molar-refractivity contribution in [3.63, 3.8) is 0 Å². The minimum Gasteiger partial charge on any atom is -0.508 e. The highest BCUT2D eigenvalue weighted by atomic mass is 16.3. The molecule has 2 aliphatic heterocycles. The topological polar surface area (TPSA) is 81.2 Å². The smallest absolute Gasteiger partial charge is 0.272 e. The van der Waals surface area contributed by atoms with Crippen LogP contribution in [-0.4, -0.2) is 51.3 Å². The van der Waals surface area contributed by atoms with Crippen LogP contribution in [0, 0.1) is 0 Å². The van der Waals surface area contributed by atoms with Gasteiger partial charge in [-0.05, 0) is 43.2 Å². The number of hydrogen-bond donors (Lipinski definition) is 3.